The lowest BCUT2D eigenvalue weighted by atomic mass is 10.2. The number of hydrogen-bond acceptors (Lipinski definition) is 3. The maximum absolute atomic E-state index is 13.2. The van der Waals surface area contributed by atoms with Gasteiger partial charge in [0.15, 0.2) is 5.75 Å². The molecule has 0 aliphatic carbocycles. The van der Waals surface area contributed by atoms with Crippen LogP contribution in [0, 0.1) is 5.82 Å². The van der Waals surface area contributed by atoms with Crippen LogP contribution in [0.15, 0.2) is 54.7 Å². The Morgan fingerprint density at radius 1 is 1.05 bits per heavy atom. The maximum atomic E-state index is 13.2. The van der Waals surface area contributed by atoms with E-state index < -0.39 is 0 Å². The first-order valence-corrected chi connectivity index (χ1v) is 5.81. The van der Waals surface area contributed by atoms with E-state index in [9.17, 15) is 4.39 Å². The Morgan fingerprint density at radius 2 is 1.89 bits per heavy atom. The Kier molecular flexibility index (Phi) is 2.76. The minimum Gasteiger partial charge on any atom is -0.454 e. The molecule has 1 aromatic heterocycles. The average Bonchev–Trinajstić information content (AvgIpc) is 2.42. The molecule has 1 heterocycles. The van der Waals surface area contributed by atoms with Crippen LogP contribution < -0.4 is 10.5 Å². The summed E-state index contributed by atoms with van der Waals surface area (Å²) >= 11 is 0. The van der Waals surface area contributed by atoms with E-state index in [-0.39, 0.29) is 5.82 Å². The van der Waals surface area contributed by atoms with E-state index in [1.165, 1.54) is 18.3 Å². The summed E-state index contributed by atoms with van der Waals surface area (Å²) in [5.41, 5.74) is 7.09. The molecule has 3 rings (SSSR count). The maximum Gasteiger partial charge on any atom is 0.161 e. The number of benzene rings is 2. The smallest absolute Gasteiger partial charge is 0.161 e. The number of rotatable bonds is 2. The number of hydrogen-bond donors (Lipinski definition) is 1. The Balaban J connectivity index is 2.12. The summed E-state index contributed by atoms with van der Waals surface area (Å²) in [5, 5.41) is 0.798. The zero-order chi connectivity index (χ0) is 13.2. The third-order valence-corrected chi connectivity index (χ3v) is 2.77. The topological polar surface area (TPSA) is 48.1 Å². The Bertz CT molecular complexity index is 743. The van der Waals surface area contributed by atoms with Crippen molar-refractivity contribution in [1.82, 2.24) is 4.98 Å². The van der Waals surface area contributed by atoms with E-state index in [0.717, 1.165) is 10.9 Å². The third-order valence-electron chi connectivity index (χ3n) is 2.77. The fraction of sp³-hybridized carbons (Fsp3) is 0. The van der Waals surface area contributed by atoms with Crippen molar-refractivity contribution < 1.29 is 9.13 Å². The van der Waals surface area contributed by atoms with Gasteiger partial charge in [-0.05, 0) is 24.3 Å². The lowest BCUT2D eigenvalue weighted by Gasteiger charge is -2.11. The van der Waals surface area contributed by atoms with Gasteiger partial charge in [0, 0.05) is 11.5 Å². The molecule has 3 nitrogen and oxygen atoms in total. The van der Waals surface area contributed by atoms with Gasteiger partial charge in [-0.15, -0.1) is 0 Å². The molecule has 0 amide bonds. The largest absolute Gasteiger partial charge is 0.454 e. The zero-order valence-corrected chi connectivity index (χ0v) is 10.0. The molecule has 0 aliphatic rings. The molecule has 0 spiro atoms. The van der Waals surface area contributed by atoms with E-state index in [4.69, 9.17) is 10.5 Å². The van der Waals surface area contributed by atoms with E-state index in [1.807, 2.05) is 24.3 Å². The quantitative estimate of drug-likeness (QED) is 0.757. The molecule has 0 unspecified atom stereocenters. The summed E-state index contributed by atoms with van der Waals surface area (Å²) in [5.74, 6) is 0.550. The van der Waals surface area contributed by atoms with E-state index in [2.05, 4.69) is 4.98 Å². The Hall–Kier alpha value is -2.62. The minimum absolute atomic E-state index is 0.352. The molecule has 0 radical (unpaired) electrons. The predicted octanol–water partition coefficient (Wildman–Crippen LogP) is 3.75. The van der Waals surface area contributed by atoms with Crippen molar-refractivity contribution in [2.75, 3.05) is 5.73 Å². The molecular formula is C15H11FN2O. The number of nitrogen functional groups attached to an aromatic ring is 1. The van der Waals surface area contributed by atoms with Crippen molar-refractivity contribution in [3.63, 3.8) is 0 Å². The van der Waals surface area contributed by atoms with Gasteiger partial charge < -0.3 is 10.5 Å². The summed E-state index contributed by atoms with van der Waals surface area (Å²) in [6, 6.07) is 13.4. The van der Waals surface area contributed by atoms with Crippen LogP contribution >= 0.6 is 0 Å². The number of fused-ring (bicyclic) bond motifs is 1. The number of aromatic nitrogens is 1. The summed E-state index contributed by atoms with van der Waals surface area (Å²) in [6.45, 7) is 0. The molecule has 2 aromatic carbocycles. The lowest BCUT2D eigenvalue weighted by molar-refractivity contribution is 0.484. The second kappa shape index (κ2) is 4.57. The van der Waals surface area contributed by atoms with Crippen LogP contribution in [0.5, 0.6) is 11.5 Å². The fourth-order valence-electron chi connectivity index (χ4n) is 1.89. The molecule has 0 bridgehead atoms. The van der Waals surface area contributed by atoms with Crippen LogP contribution in [-0.2, 0) is 0 Å². The van der Waals surface area contributed by atoms with Gasteiger partial charge in [-0.3, -0.25) is 4.98 Å². The van der Waals surface area contributed by atoms with Crippen LogP contribution in [0.3, 0.4) is 0 Å². The minimum atomic E-state index is -0.352. The second-order valence-corrected chi connectivity index (χ2v) is 4.12. The molecule has 2 N–H and O–H groups in total. The van der Waals surface area contributed by atoms with Crippen molar-refractivity contribution in [3.05, 3.63) is 60.5 Å². The fourth-order valence-corrected chi connectivity index (χ4v) is 1.89. The van der Waals surface area contributed by atoms with Gasteiger partial charge in [-0.1, -0.05) is 18.2 Å². The highest BCUT2D eigenvalue weighted by Gasteiger charge is 2.09. The van der Waals surface area contributed by atoms with E-state index in [1.54, 1.807) is 12.1 Å². The van der Waals surface area contributed by atoms with Gasteiger partial charge in [0.1, 0.15) is 11.6 Å². The molecule has 0 aliphatic heterocycles. The molecule has 0 saturated carbocycles. The van der Waals surface area contributed by atoms with Gasteiger partial charge in [0.25, 0.3) is 0 Å². The van der Waals surface area contributed by atoms with Gasteiger partial charge in [0.2, 0.25) is 0 Å². The molecule has 19 heavy (non-hydrogen) atoms. The number of ether oxygens (including phenoxy) is 1. The number of nitrogens with zero attached hydrogens (tertiary/aromatic N) is 1. The number of nitrogens with two attached hydrogens (primary N) is 1. The summed E-state index contributed by atoms with van der Waals surface area (Å²) in [4.78, 5) is 4.22. The molecule has 0 saturated heterocycles. The van der Waals surface area contributed by atoms with Crippen LogP contribution in [0.1, 0.15) is 0 Å². The Morgan fingerprint density at radius 3 is 2.74 bits per heavy atom. The highest BCUT2D eigenvalue weighted by molar-refractivity contribution is 5.89. The molecule has 94 valence electrons. The third kappa shape index (κ3) is 2.20. The zero-order valence-electron chi connectivity index (χ0n) is 10.0. The van der Waals surface area contributed by atoms with Crippen LogP contribution in [-0.4, -0.2) is 4.98 Å². The van der Waals surface area contributed by atoms with Gasteiger partial charge in [0.05, 0.1) is 17.4 Å². The highest BCUT2D eigenvalue weighted by atomic mass is 19.1. The van der Waals surface area contributed by atoms with Crippen molar-refractivity contribution in [2.45, 2.75) is 0 Å². The first-order chi connectivity index (χ1) is 9.24. The number of pyridine rings is 1. The Labute approximate surface area is 109 Å². The SMILES string of the molecule is Nc1cnc2ccccc2c1Oc1cccc(F)c1. The summed E-state index contributed by atoms with van der Waals surface area (Å²) < 4.78 is 18.9. The first kappa shape index (κ1) is 11.5. The summed E-state index contributed by atoms with van der Waals surface area (Å²) in [6.07, 6.45) is 1.54. The van der Waals surface area contributed by atoms with Crippen LogP contribution in [0.25, 0.3) is 10.9 Å². The second-order valence-electron chi connectivity index (χ2n) is 4.12. The van der Waals surface area contributed by atoms with Crippen molar-refractivity contribution in [3.8, 4) is 11.5 Å². The molecule has 0 fully saturated rings. The van der Waals surface area contributed by atoms with Crippen molar-refractivity contribution >= 4 is 16.6 Å². The van der Waals surface area contributed by atoms with Crippen molar-refractivity contribution in [2.24, 2.45) is 0 Å². The van der Waals surface area contributed by atoms with Crippen molar-refractivity contribution in [1.29, 1.82) is 0 Å². The molecule has 4 heteroatoms. The molecular weight excluding hydrogens is 243 g/mol. The lowest BCUT2D eigenvalue weighted by Crippen LogP contribution is -1.95. The predicted molar refractivity (Wildman–Crippen MR) is 72.6 cm³/mol. The normalized spacial score (nSPS) is 10.6. The number of halogens is 1. The monoisotopic (exact) mass is 254 g/mol. The number of anilines is 1. The molecule has 3 aromatic rings. The van der Waals surface area contributed by atoms with Gasteiger partial charge in [-0.2, -0.15) is 0 Å². The van der Waals surface area contributed by atoms with Gasteiger partial charge in [-0.25, -0.2) is 4.39 Å². The van der Waals surface area contributed by atoms with E-state index in [0.29, 0.717) is 17.2 Å². The number of para-hydroxylation sites is 1. The van der Waals surface area contributed by atoms with E-state index >= 15 is 0 Å². The first-order valence-electron chi connectivity index (χ1n) is 5.81. The molecule has 0 atom stereocenters. The van der Waals surface area contributed by atoms with Gasteiger partial charge >= 0.3 is 0 Å². The van der Waals surface area contributed by atoms with Crippen LogP contribution in [0.2, 0.25) is 0 Å². The average molecular weight is 254 g/mol. The standard InChI is InChI=1S/C15H11FN2O/c16-10-4-3-5-11(8-10)19-15-12-6-1-2-7-14(12)18-9-13(15)17/h1-9H,17H2. The van der Waals surface area contributed by atoms with Crippen LogP contribution in [0.4, 0.5) is 10.1 Å². The highest BCUT2D eigenvalue weighted by Crippen LogP contribution is 2.34. The summed E-state index contributed by atoms with van der Waals surface area (Å²) in [7, 11) is 0.